The Bertz CT molecular complexity index is 2460. The third-order valence-electron chi connectivity index (χ3n) is 10.7. The van der Waals surface area contributed by atoms with Crippen LogP contribution in [0.2, 0.25) is 0 Å². The number of phenolic OH excluding ortho intramolecular Hbond substituents is 1. The number of aliphatic hydroxyl groups is 3. The lowest BCUT2D eigenvalue weighted by Crippen LogP contribution is -2.73. The number of esters is 1. The third-order valence-corrected chi connectivity index (χ3v) is 10.7. The number of nitrogens with zero attached hydrogens (tertiary/aromatic N) is 2. The highest BCUT2D eigenvalue weighted by molar-refractivity contribution is 5.98. The fraction of sp³-hybridized carbons (Fsp3) is 0.341. The van der Waals surface area contributed by atoms with Crippen LogP contribution in [0.1, 0.15) is 36.5 Å². The summed E-state index contributed by atoms with van der Waals surface area (Å²) in [5.41, 5.74) is 2.45. The predicted molar refractivity (Wildman–Crippen MR) is 218 cm³/mol. The lowest BCUT2D eigenvalue weighted by molar-refractivity contribution is -0.370. The molecule has 0 saturated carbocycles. The van der Waals surface area contributed by atoms with E-state index < -0.39 is 60.9 Å². The average molecular weight is 840 g/mol. The van der Waals surface area contributed by atoms with Crippen molar-refractivity contribution in [1.82, 2.24) is 10.4 Å². The Morgan fingerprint density at radius 2 is 1.82 bits per heavy atom. The standard InChI is InChI=1S/C44H45N3O14/c1-4-34(50)44(56)39(52)33(22-58-42(55)36(41(53)54)45-13-5-15-48)60-43(40(44)61-47-20-26-12-14-46-35(26)37(47)27-17-23(2)16-24(3)18-27)59-29-10-11-30-32(19-29)57-21-31(38(30)51)25-6-8-28(49)9-7-25/h6-12,14-19,21,33-34,36,39-40,43,45,49-50,52,56H,4-5,13,20,22H2,1-3H3,(H,53,54). The number of hydroxylamine groups is 2. The number of hydrogen-bond donors (Lipinski definition) is 6. The highest BCUT2D eigenvalue weighted by Crippen LogP contribution is 2.43. The molecule has 4 heterocycles. The number of aryl methyl sites for hydroxylation is 2. The molecule has 0 radical (unpaired) electrons. The van der Waals surface area contributed by atoms with E-state index in [0.717, 1.165) is 22.3 Å². The van der Waals surface area contributed by atoms with Gasteiger partial charge in [-0.1, -0.05) is 36.2 Å². The van der Waals surface area contributed by atoms with E-state index in [4.69, 9.17) is 23.5 Å². The topological polar surface area (TPSA) is 247 Å². The monoisotopic (exact) mass is 839 g/mol. The zero-order valence-electron chi connectivity index (χ0n) is 33.4. The van der Waals surface area contributed by atoms with E-state index in [1.54, 1.807) is 25.3 Å². The summed E-state index contributed by atoms with van der Waals surface area (Å²) in [4.78, 5) is 60.5. The quantitative estimate of drug-likeness (QED) is 0.0411. The molecule has 3 aliphatic heterocycles. The van der Waals surface area contributed by atoms with E-state index in [2.05, 4.69) is 10.3 Å². The molecule has 0 bridgehead atoms. The lowest BCUT2D eigenvalue weighted by atomic mass is 9.78. The van der Waals surface area contributed by atoms with Gasteiger partial charge in [-0.15, -0.1) is 0 Å². The molecule has 320 valence electrons. The molecule has 1 aromatic heterocycles. The Morgan fingerprint density at radius 1 is 1.08 bits per heavy atom. The summed E-state index contributed by atoms with van der Waals surface area (Å²) in [7, 11) is 0. The second-order valence-electron chi connectivity index (χ2n) is 15.0. The number of phenols is 1. The SMILES string of the molecule is CCC(O)C1(O)C(O)C(COC(=O)C(NCCC=O)C(=O)O)OC(Oc2ccc3c(=O)c(-c4ccc(O)cc4)coc3c2)C1ON1CC2=CC=NC2=C1c1cc(C)cc(C)c1. The Balaban J connectivity index is 1.26. The van der Waals surface area contributed by atoms with Gasteiger partial charge in [0.1, 0.15) is 48.4 Å². The number of fused-ring (bicyclic) bond motifs is 2. The van der Waals surface area contributed by atoms with Crippen molar-refractivity contribution < 1.29 is 63.4 Å². The van der Waals surface area contributed by atoms with Crippen LogP contribution in [0.3, 0.4) is 0 Å². The fourth-order valence-corrected chi connectivity index (χ4v) is 7.71. The summed E-state index contributed by atoms with van der Waals surface area (Å²) in [5, 5.41) is 59.6. The molecule has 61 heavy (non-hydrogen) atoms. The van der Waals surface area contributed by atoms with Crippen LogP contribution in [0, 0.1) is 13.8 Å². The van der Waals surface area contributed by atoms with E-state index >= 15 is 0 Å². The number of benzene rings is 3. The number of allylic oxidation sites excluding steroid dienone is 1. The normalized spacial score (nSPS) is 23.1. The molecule has 0 amide bonds. The number of aliphatic hydroxyl groups excluding tert-OH is 2. The maximum atomic E-state index is 13.6. The molecule has 7 atom stereocenters. The number of aliphatic imine (C=N–C) groups is 1. The highest BCUT2D eigenvalue weighted by Gasteiger charge is 2.62. The number of carboxylic acid groups (broad SMARTS) is 1. The largest absolute Gasteiger partial charge is 0.508 e. The first-order valence-electron chi connectivity index (χ1n) is 19.6. The van der Waals surface area contributed by atoms with E-state index in [1.807, 2.05) is 38.1 Å². The van der Waals surface area contributed by atoms with Crippen LogP contribution in [0.4, 0.5) is 0 Å². The molecule has 17 heteroatoms. The van der Waals surface area contributed by atoms with Crippen molar-refractivity contribution in [3.05, 3.63) is 111 Å². The minimum Gasteiger partial charge on any atom is -0.508 e. The van der Waals surface area contributed by atoms with Gasteiger partial charge in [0.05, 0.1) is 35.0 Å². The van der Waals surface area contributed by atoms with Crippen molar-refractivity contribution in [2.75, 3.05) is 19.7 Å². The van der Waals surface area contributed by atoms with Gasteiger partial charge in [0.15, 0.2) is 17.1 Å². The number of rotatable bonds is 16. The average Bonchev–Trinajstić information content (AvgIpc) is 3.82. The maximum absolute atomic E-state index is 13.6. The van der Waals surface area contributed by atoms with Gasteiger partial charge in [-0.3, -0.25) is 19.9 Å². The van der Waals surface area contributed by atoms with Crippen molar-refractivity contribution >= 4 is 41.1 Å². The smallest absolute Gasteiger partial charge is 0.334 e. The zero-order chi connectivity index (χ0) is 43.6. The first-order valence-corrected chi connectivity index (χ1v) is 19.6. The van der Waals surface area contributed by atoms with Gasteiger partial charge in [-0.05, 0) is 68.3 Å². The number of ether oxygens (including phenoxy) is 3. The number of carbonyl (C=O) groups is 3. The molecule has 3 aliphatic rings. The molecule has 0 spiro atoms. The van der Waals surface area contributed by atoms with Gasteiger partial charge in [0, 0.05) is 36.4 Å². The molecule has 6 N–H and O–H groups in total. The van der Waals surface area contributed by atoms with Gasteiger partial charge in [0.25, 0.3) is 0 Å². The van der Waals surface area contributed by atoms with E-state index in [0.29, 0.717) is 23.2 Å². The number of aldehydes is 1. The van der Waals surface area contributed by atoms with Crippen LogP contribution in [-0.2, 0) is 28.7 Å². The van der Waals surface area contributed by atoms with Crippen LogP contribution < -0.4 is 15.5 Å². The Morgan fingerprint density at radius 3 is 2.51 bits per heavy atom. The summed E-state index contributed by atoms with van der Waals surface area (Å²) < 4.78 is 23.8. The lowest BCUT2D eigenvalue weighted by Gasteiger charge is -2.51. The summed E-state index contributed by atoms with van der Waals surface area (Å²) in [6, 6.07) is 14.3. The molecule has 1 saturated heterocycles. The first kappa shape index (κ1) is 42.9. The summed E-state index contributed by atoms with van der Waals surface area (Å²) in [5.74, 6) is -2.80. The fourth-order valence-electron chi connectivity index (χ4n) is 7.71. The maximum Gasteiger partial charge on any atom is 0.334 e. The minimum atomic E-state index is -2.61. The second-order valence-corrected chi connectivity index (χ2v) is 15.0. The van der Waals surface area contributed by atoms with Crippen LogP contribution in [0.5, 0.6) is 11.5 Å². The molecule has 7 rings (SSSR count). The van der Waals surface area contributed by atoms with E-state index in [1.165, 1.54) is 41.7 Å². The molecule has 7 unspecified atom stereocenters. The van der Waals surface area contributed by atoms with Crippen molar-refractivity contribution in [2.24, 2.45) is 4.99 Å². The molecule has 3 aromatic carbocycles. The highest BCUT2D eigenvalue weighted by atomic mass is 16.8. The summed E-state index contributed by atoms with van der Waals surface area (Å²) in [6.45, 7) is 4.62. The van der Waals surface area contributed by atoms with Crippen molar-refractivity contribution in [3.63, 3.8) is 0 Å². The molecule has 17 nitrogen and oxygen atoms in total. The van der Waals surface area contributed by atoms with Crippen LogP contribution in [-0.4, -0.2) is 117 Å². The summed E-state index contributed by atoms with van der Waals surface area (Å²) >= 11 is 0. The number of hydrogen-bond acceptors (Lipinski definition) is 16. The zero-order valence-corrected chi connectivity index (χ0v) is 33.4. The molecule has 1 fully saturated rings. The second kappa shape index (κ2) is 17.8. The first-order chi connectivity index (χ1) is 29.2. The van der Waals surface area contributed by atoms with Gasteiger partial charge in [0.2, 0.25) is 12.3 Å². The summed E-state index contributed by atoms with van der Waals surface area (Å²) in [6.07, 6.45) is -3.73. The Hall–Kier alpha value is -6.21. The van der Waals surface area contributed by atoms with E-state index in [-0.39, 0.29) is 59.4 Å². The van der Waals surface area contributed by atoms with Crippen molar-refractivity contribution in [1.29, 1.82) is 0 Å². The van der Waals surface area contributed by atoms with Crippen LogP contribution in [0.15, 0.2) is 98.5 Å². The van der Waals surface area contributed by atoms with Gasteiger partial charge < -0.3 is 49.0 Å². The Kier molecular flexibility index (Phi) is 12.5. The number of aromatic hydroxyl groups is 1. The van der Waals surface area contributed by atoms with Crippen molar-refractivity contribution in [2.45, 2.75) is 76.0 Å². The molecular weight excluding hydrogens is 794 g/mol. The number of aliphatic carboxylic acids is 1. The van der Waals surface area contributed by atoms with Gasteiger partial charge in [-0.25, -0.2) is 14.7 Å². The molecule has 0 aliphatic carbocycles. The van der Waals surface area contributed by atoms with Crippen LogP contribution >= 0.6 is 0 Å². The minimum absolute atomic E-state index is 0.0260. The van der Waals surface area contributed by atoms with E-state index in [9.17, 15) is 44.7 Å². The molecule has 4 aromatic rings. The number of carboxylic acids is 1. The number of nitrogens with one attached hydrogen (secondary N) is 1. The third kappa shape index (κ3) is 8.56. The predicted octanol–water partition coefficient (Wildman–Crippen LogP) is 2.92. The van der Waals surface area contributed by atoms with Crippen molar-refractivity contribution in [3.8, 4) is 22.6 Å². The molecular formula is C44H45N3O14. The van der Waals surface area contributed by atoms with Crippen LogP contribution in [0.25, 0.3) is 27.8 Å². The van der Waals surface area contributed by atoms with Gasteiger partial charge >= 0.3 is 11.9 Å². The van der Waals surface area contributed by atoms with Gasteiger partial charge in [-0.2, -0.15) is 0 Å². The number of carbonyl (C=O) groups excluding carboxylic acids is 2. The Labute approximate surface area is 348 Å².